The Bertz CT molecular complexity index is 829. The highest BCUT2D eigenvalue weighted by atomic mass is 32.1. The number of amides is 1. The molecule has 0 bridgehead atoms. The molecule has 27 heavy (non-hydrogen) atoms. The molecule has 0 unspecified atom stereocenters. The summed E-state index contributed by atoms with van der Waals surface area (Å²) >= 11 is 3.40. The summed E-state index contributed by atoms with van der Waals surface area (Å²) in [7, 11) is 0. The van der Waals surface area contributed by atoms with Gasteiger partial charge in [0, 0.05) is 55.4 Å². The summed E-state index contributed by atoms with van der Waals surface area (Å²) in [5.41, 5.74) is 1.86. The summed E-state index contributed by atoms with van der Waals surface area (Å²) < 4.78 is 0. The second-order valence-corrected chi connectivity index (χ2v) is 9.31. The van der Waals surface area contributed by atoms with Gasteiger partial charge in [-0.25, -0.2) is 0 Å². The van der Waals surface area contributed by atoms with Crippen LogP contribution in [0.25, 0.3) is 0 Å². The van der Waals surface area contributed by atoms with Gasteiger partial charge in [0.25, 0.3) is 0 Å². The molecular formula is C20H24N4OS2. The Morgan fingerprint density at radius 2 is 2.04 bits per heavy atom. The number of rotatable bonds is 6. The van der Waals surface area contributed by atoms with E-state index in [-0.39, 0.29) is 5.91 Å². The molecule has 0 atom stereocenters. The standard InChI is InChI=1S/C20H24N4OS2/c21-13-17-16-4-1-5-18(16)27-20(17)22-19(25)6-7-23-8-10-24(11-9-23)14-15-3-2-12-26-15/h2-3,12H,1,4-11,14H2,(H,22,25). The van der Waals surface area contributed by atoms with Crippen molar-refractivity contribution in [2.24, 2.45) is 0 Å². The second-order valence-electron chi connectivity index (χ2n) is 7.17. The van der Waals surface area contributed by atoms with Gasteiger partial charge in [-0.15, -0.1) is 22.7 Å². The van der Waals surface area contributed by atoms with Crippen LogP contribution in [0.1, 0.15) is 33.7 Å². The lowest BCUT2D eigenvalue weighted by atomic mass is 10.1. The Kier molecular flexibility index (Phi) is 5.89. The number of nitriles is 1. The zero-order valence-corrected chi connectivity index (χ0v) is 17.0. The van der Waals surface area contributed by atoms with E-state index in [1.54, 1.807) is 11.3 Å². The number of hydrogen-bond donors (Lipinski definition) is 1. The van der Waals surface area contributed by atoms with Crippen LogP contribution in [0, 0.1) is 11.3 Å². The van der Waals surface area contributed by atoms with Gasteiger partial charge in [-0.3, -0.25) is 9.69 Å². The number of thiophene rings is 2. The normalized spacial score (nSPS) is 17.6. The lowest BCUT2D eigenvalue weighted by Gasteiger charge is -2.34. The summed E-state index contributed by atoms with van der Waals surface area (Å²) in [6.07, 6.45) is 3.63. The molecule has 5 nitrogen and oxygen atoms in total. The fraction of sp³-hybridized carbons (Fsp3) is 0.500. The van der Waals surface area contributed by atoms with E-state index in [0.717, 1.165) is 63.5 Å². The molecule has 1 N–H and O–H groups in total. The quantitative estimate of drug-likeness (QED) is 0.808. The van der Waals surface area contributed by atoms with Crippen LogP contribution in [0.15, 0.2) is 17.5 Å². The molecule has 7 heteroatoms. The predicted molar refractivity (Wildman–Crippen MR) is 110 cm³/mol. The topological polar surface area (TPSA) is 59.4 Å². The third-order valence-corrected chi connectivity index (χ3v) is 7.43. The van der Waals surface area contributed by atoms with E-state index in [9.17, 15) is 10.1 Å². The molecule has 0 spiro atoms. The van der Waals surface area contributed by atoms with Crippen LogP contribution in [-0.4, -0.2) is 48.4 Å². The number of piperazine rings is 1. The minimum Gasteiger partial charge on any atom is -0.317 e. The maximum absolute atomic E-state index is 12.4. The lowest BCUT2D eigenvalue weighted by molar-refractivity contribution is -0.116. The van der Waals surface area contributed by atoms with Crippen molar-refractivity contribution in [1.82, 2.24) is 9.80 Å². The maximum atomic E-state index is 12.4. The number of carbonyl (C=O) groups is 1. The highest BCUT2D eigenvalue weighted by molar-refractivity contribution is 7.16. The molecule has 2 aromatic rings. The van der Waals surface area contributed by atoms with Gasteiger partial charge in [-0.2, -0.15) is 5.26 Å². The number of aryl methyl sites for hydroxylation is 1. The van der Waals surface area contributed by atoms with E-state index in [4.69, 9.17) is 0 Å². The molecule has 1 amide bonds. The summed E-state index contributed by atoms with van der Waals surface area (Å²) in [5.74, 6) is 0.0208. The molecule has 1 saturated heterocycles. The number of nitrogens with one attached hydrogen (secondary N) is 1. The van der Waals surface area contributed by atoms with Crippen molar-refractivity contribution in [3.05, 3.63) is 38.4 Å². The minimum atomic E-state index is 0.0208. The van der Waals surface area contributed by atoms with Crippen LogP contribution in [0.5, 0.6) is 0 Å². The number of nitrogens with zero attached hydrogens (tertiary/aromatic N) is 3. The molecule has 1 aliphatic heterocycles. The number of hydrogen-bond acceptors (Lipinski definition) is 6. The fourth-order valence-electron chi connectivity index (χ4n) is 3.85. The monoisotopic (exact) mass is 400 g/mol. The van der Waals surface area contributed by atoms with E-state index in [1.165, 1.54) is 15.3 Å². The van der Waals surface area contributed by atoms with E-state index in [2.05, 4.69) is 38.7 Å². The molecule has 142 valence electrons. The van der Waals surface area contributed by atoms with Gasteiger partial charge in [-0.1, -0.05) is 6.07 Å². The first-order valence-corrected chi connectivity index (χ1v) is 11.2. The molecule has 3 heterocycles. The predicted octanol–water partition coefficient (Wildman–Crippen LogP) is 3.32. The number of carbonyl (C=O) groups excluding carboxylic acids is 1. The molecule has 4 rings (SSSR count). The largest absolute Gasteiger partial charge is 0.317 e. The van der Waals surface area contributed by atoms with E-state index in [1.807, 2.05) is 11.3 Å². The molecule has 0 saturated carbocycles. The molecule has 2 aromatic heterocycles. The van der Waals surface area contributed by atoms with Gasteiger partial charge < -0.3 is 10.2 Å². The van der Waals surface area contributed by atoms with Crippen molar-refractivity contribution in [3.8, 4) is 6.07 Å². The third-order valence-electron chi connectivity index (χ3n) is 5.37. The SMILES string of the molecule is N#Cc1c(NC(=O)CCN2CCN(Cc3cccs3)CC2)sc2c1CCC2. The molecule has 2 aliphatic rings. The zero-order chi connectivity index (χ0) is 18.6. The smallest absolute Gasteiger partial charge is 0.226 e. The van der Waals surface area contributed by atoms with Gasteiger partial charge in [0.1, 0.15) is 11.1 Å². The third kappa shape index (κ3) is 4.41. The van der Waals surface area contributed by atoms with Crippen molar-refractivity contribution in [1.29, 1.82) is 5.26 Å². The van der Waals surface area contributed by atoms with Gasteiger partial charge >= 0.3 is 0 Å². The molecule has 0 aromatic carbocycles. The van der Waals surface area contributed by atoms with Crippen molar-refractivity contribution in [3.63, 3.8) is 0 Å². The Morgan fingerprint density at radius 1 is 1.22 bits per heavy atom. The fourth-order valence-corrected chi connectivity index (χ4v) is 5.86. The molecule has 0 radical (unpaired) electrons. The van der Waals surface area contributed by atoms with Crippen LogP contribution in [0.3, 0.4) is 0 Å². The van der Waals surface area contributed by atoms with Crippen molar-refractivity contribution in [2.75, 3.05) is 38.0 Å². The van der Waals surface area contributed by atoms with Crippen LogP contribution >= 0.6 is 22.7 Å². The van der Waals surface area contributed by atoms with E-state index >= 15 is 0 Å². The Labute approximate surface area is 168 Å². The number of anilines is 1. The van der Waals surface area contributed by atoms with Gasteiger partial charge in [-0.05, 0) is 36.3 Å². The maximum Gasteiger partial charge on any atom is 0.226 e. The Morgan fingerprint density at radius 3 is 2.78 bits per heavy atom. The van der Waals surface area contributed by atoms with Gasteiger partial charge in [0.15, 0.2) is 0 Å². The highest BCUT2D eigenvalue weighted by Gasteiger charge is 2.23. The first-order valence-electron chi connectivity index (χ1n) is 9.54. The first-order chi connectivity index (χ1) is 13.2. The summed E-state index contributed by atoms with van der Waals surface area (Å²) in [4.78, 5) is 19.9. The van der Waals surface area contributed by atoms with Gasteiger partial charge in [0.05, 0.1) is 5.56 Å². The summed E-state index contributed by atoms with van der Waals surface area (Å²) in [6.45, 7) is 5.94. The molecule has 1 fully saturated rings. The lowest BCUT2D eigenvalue weighted by Crippen LogP contribution is -2.46. The van der Waals surface area contributed by atoms with Crippen molar-refractivity contribution in [2.45, 2.75) is 32.2 Å². The Hall–Kier alpha value is -1.72. The van der Waals surface area contributed by atoms with E-state index in [0.29, 0.717) is 12.0 Å². The van der Waals surface area contributed by atoms with Crippen LogP contribution in [0.2, 0.25) is 0 Å². The van der Waals surface area contributed by atoms with Crippen LogP contribution < -0.4 is 5.32 Å². The highest BCUT2D eigenvalue weighted by Crippen LogP contribution is 2.38. The molecular weight excluding hydrogens is 376 g/mol. The average molecular weight is 401 g/mol. The number of fused-ring (bicyclic) bond motifs is 1. The summed E-state index contributed by atoms with van der Waals surface area (Å²) in [6, 6.07) is 6.59. The summed E-state index contributed by atoms with van der Waals surface area (Å²) in [5, 5.41) is 15.3. The van der Waals surface area contributed by atoms with Crippen molar-refractivity contribution < 1.29 is 4.79 Å². The molecule has 1 aliphatic carbocycles. The van der Waals surface area contributed by atoms with Crippen LogP contribution in [0.4, 0.5) is 5.00 Å². The first kappa shape index (κ1) is 18.6. The average Bonchev–Trinajstić information content (AvgIpc) is 3.39. The van der Waals surface area contributed by atoms with Crippen LogP contribution in [-0.2, 0) is 24.2 Å². The Balaban J connectivity index is 1.22. The second kappa shape index (κ2) is 8.53. The minimum absolute atomic E-state index is 0.0208. The zero-order valence-electron chi connectivity index (χ0n) is 15.4. The van der Waals surface area contributed by atoms with Gasteiger partial charge in [0.2, 0.25) is 5.91 Å². The van der Waals surface area contributed by atoms with E-state index < -0.39 is 0 Å². The van der Waals surface area contributed by atoms with Crippen molar-refractivity contribution >= 4 is 33.6 Å².